The second kappa shape index (κ2) is 7.16. The number of carbonyl (C=O) groups excluding carboxylic acids is 1. The van der Waals surface area contributed by atoms with Crippen LogP contribution in [0.25, 0.3) is 11.1 Å². The maximum absolute atomic E-state index is 13.2. The molecule has 1 amide bonds. The van der Waals surface area contributed by atoms with E-state index in [2.05, 4.69) is 0 Å². The maximum atomic E-state index is 13.2. The fourth-order valence-corrected chi connectivity index (χ4v) is 3.97. The van der Waals surface area contributed by atoms with Gasteiger partial charge < -0.3 is 9.64 Å². The van der Waals surface area contributed by atoms with E-state index in [9.17, 15) is 9.18 Å². The van der Waals surface area contributed by atoms with E-state index < -0.39 is 0 Å². The summed E-state index contributed by atoms with van der Waals surface area (Å²) >= 11 is 0. The summed E-state index contributed by atoms with van der Waals surface area (Å²) in [5.74, 6) is -0.152. The third-order valence-electron chi connectivity index (χ3n) is 5.23. The van der Waals surface area contributed by atoms with Gasteiger partial charge in [0, 0.05) is 18.8 Å². The average molecular weight is 354 g/mol. The van der Waals surface area contributed by atoms with Gasteiger partial charge in [-0.1, -0.05) is 12.1 Å². The van der Waals surface area contributed by atoms with Crippen molar-refractivity contribution in [2.24, 2.45) is 0 Å². The van der Waals surface area contributed by atoms with Gasteiger partial charge in [-0.25, -0.2) is 4.39 Å². The first-order chi connectivity index (χ1) is 12.6. The molecule has 2 aromatic rings. The van der Waals surface area contributed by atoms with Crippen LogP contribution < -0.4 is 0 Å². The van der Waals surface area contributed by atoms with Gasteiger partial charge >= 0.3 is 0 Å². The molecule has 1 aromatic carbocycles. The smallest absolute Gasteiger partial charge is 0.252 e. The molecule has 2 saturated heterocycles. The second-order valence-corrected chi connectivity index (χ2v) is 7.12. The Labute approximate surface area is 153 Å². The number of aryl methyl sites for hydroxylation is 1. The monoisotopic (exact) mass is 354 g/mol. The number of hydrogen-bond donors (Lipinski definition) is 0. The SMILES string of the molecule is Cc1cc(-c2ccc(F)cc2)cc([C@@H]2CCCN2C(=O)[C@@H]2CCCO2)n1. The quantitative estimate of drug-likeness (QED) is 0.835. The standard InChI is InChI=1S/C21H23FN2O2/c1-14-12-16(15-6-8-17(22)9-7-15)13-18(23-14)19-4-2-10-24(19)21(25)20-5-3-11-26-20/h6-9,12-13,19-20H,2-5,10-11H2,1H3/t19-,20-/m0/s1. The van der Waals surface area contributed by atoms with Crippen LogP contribution in [0.2, 0.25) is 0 Å². The van der Waals surface area contributed by atoms with E-state index in [-0.39, 0.29) is 23.9 Å². The molecule has 0 bridgehead atoms. The molecular weight excluding hydrogens is 331 g/mol. The summed E-state index contributed by atoms with van der Waals surface area (Å²) in [6.45, 7) is 3.38. The van der Waals surface area contributed by atoms with Crippen LogP contribution in [0.15, 0.2) is 36.4 Å². The first-order valence-corrected chi connectivity index (χ1v) is 9.28. The van der Waals surface area contributed by atoms with E-state index in [4.69, 9.17) is 9.72 Å². The van der Waals surface area contributed by atoms with Gasteiger partial charge in [0.2, 0.25) is 0 Å². The van der Waals surface area contributed by atoms with Gasteiger partial charge in [0.25, 0.3) is 5.91 Å². The Bertz CT molecular complexity index is 800. The highest BCUT2D eigenvalue weighted by molar-refractivity contribution is 5.82. The number of aromatic nitrogens is 1. The first-order valence-electron chi connectivity index (χ1n) is 9.28. The molecule has 0 saturated carbocycles. The number of amides is 1. The summed E-state index contributed by atoms with van der Waals surface area (Å²) in [4.78, 5) is 19.5. The molecule has 0 spiro atoms. The number of likely N-dealkylation sites (tertiary alicyclic amines) is 1. The molecule has 136 valence electrons. The van der Waals surface area contributed by atoms with Crippen molar-refractivity contribution in [3.63, 3.8) is 0 Å². The minimum atomic E-state index is -0.294. The summed E-state index contributed by atoms with van der Waals surface area (Å²) in [6.07, 6.45) is 3.36. The van der Waals surface area contributed by atoms with E-state index in [0.717, 1.165) is 54.7 Å². The Hall–Kier alpha value is -2.27. The predicted molar refractivity (Wildman–Crippen MR) is 97.0 cm³/mol. The van der Waals surface area contributed by atoms with Crippen molar-refractivity contribution in [1.29, 1.82) is 0 Å². The zero-order chi connectivity index (χ0) is 18.1. The van der Waals surface area contributed by atoms with Crippen LogP contribution in [0.5, 0.6) is 0 Å². The van der Waals surface area contributed by atoms with Crippen molar-refractivity contribution in [3.8, 4) is 11.1 Å². The van der Waals surface area contributed by atoms with E-state index in [1.54, 1.807) is 12.1 Å². The minimum Gasteiger partial charge on any atom is -0.368 e. The van der Waals surface area contributed by atoms with Crippen LogP contribution in [0.4, 0.5) is 4.39 Å². The lowest BCUT2D eigenvalue weighted by atomic mass is 10.0. The van der Waals surface area contributed by atoms with Crippen LogP contribution in [0, 0.1) is 12.7 Å². The van der Waals surface area contributed by atoms with Gasteiger partial charge in [0.05, 0.1) is 11.7 Å². The molecule has 2 aliphatic rings. The van der Waals surface area contributed by atoms with Crippen molar-refractivity contribution >= 4 is 5.91 Å². The van der Waals surface area contributed by atoms with Crippen LogP contribution in [-0.4, -0.2) is 35.0 Å². The molecular formula is C21H23FN2O2. The minimum absolute atomic E-state index is 0.00852. The van der Waals surface area contributed by atoms with E-state index in [0.29, 0.717) is 6.61 Å². The van der Waals surface area contributed by atoms with Crippen LogP contribution >= 0.6 is 0 Å². The fraction of sp³-hybridized carbons (Fsp3) is 0.429. The van der Waals surface area contributed by atoms with Gasteiger partial charge in [-0.05, 0) is 68.0 Å². The zero-order valence-corrected chi connectivity index (χ0v) is 15.0. The summed E-state index contributed by atoms with van der Waals surface area (Å²) in [6, 6.07) is 10.5. The molecule has 4 nitrogen and oxygen atoms in total. The van der Waals surface area contributed by atoms with E-state index in [1.165, 1.54) is 12.1 Å². The van der Waals surface area contributed by atoms with Crippen molar-refractivity contribution in [2.75, 3.05) is 13.2 Å². The molecule has 1 aromatic heterocycles. The molecule has 0 aliphatic carbocycles. The van der Waals surface area contributed by atoms with Crippen LogP contribution in [-0.2, 0) is 9.53 Å². The maximum Gasteiger partial charge on any atom is 0.252 e. The van der Waals surface area contributed by atoms with Gasteiger partial charge in [0.15, 0.2) is 0 Å². The second-order valence-electron chi connectivity index (χ2n) is 7.12. The molecule has 0 radical (unpaired) electrons. The number of benzene rings is 1. The number of hydrogen-bond acceptors (Lipinski definition) is 3. The summed E-state index contributed by atoms with van der Waals surface area (Å²) in [7, 11) is 0. The lowest BCUT2D eigenvalue weighted by Crippen LogP contribution is -2.38. The number of pyridine rings is 1. The lowest BCUT2D eigenvalue weighted by molar-refractivity contribution is -0.142. The Morgan fingerprint density at radius 3 is 2.69 bits per heavy atom. The van der Waals surface area contributed by atoms with Gasteiger partial charge in [-0.3, -0.25) is 9.78 Å². The first kappa shape index (κ1) is 17.2. The molecule has 0 unspecified atom stereocenters. The van der Waals surface area contributed by atoms with Crippen molar-refractivity contribution in [1.82, 2.24) is 9.88 Å². The van der Waals surface area contributed by atoms with Gasteiger partial charge in [0.1, 0.15) is 11.9 Å². The molecule has 2 aliphatic heterocycles. The molecule has 26 heavy (non-hydrogen) atoms. The molecule has 4 rings (SSSR count). The van der Waals surface area contributed by atoms with E-state index in [1.807, 2.05) is 24.0 Å². The van der Waals surface area contributed by atoms with Crippen molar-refractivity contribution in [2.45, 2.75) is 44.8 Å². The fourth-order valence-electron chi connectivity index (χ4n) is 3.97. The largest absolute Gasteiger partial charge is 0.368 e. The number of halogens is 1. The topological polar surface area (TPSA) is 42.4 Å². The number of rotatable bonds is 3. The van der Waals surface area contributed by atoms with E-state index >= 15 is 0 Å². The molecule has 5 heteroatoms. The molecule has 0 N–H and O–H groups in total. The third-order valence-corrected chi connectivity index (χ3v) is 5.23. The normalized spacial score (nSPS) is 22.8. The Kier molecular flexibility index (Phi) is 4.72. The number of ether oxygens (including phenoxy) is 1. The Balaban J connectivity index is 1.63. The number of nitrogens with zero attached hydrogens (tertiary/aromatic N) is 2. The zero-order valence-electron chi connectivity index (χ0n) is 15.0. The average Bonchev–Trinajstić information content (AvgIpc) is 3.33. The van der Waals surface area contributed by atoms with Gasteiger partial charge in [-0.2, -0.15) is 0 Å². The Morgan fingerprint density at radius 2 is 1.96 bits per heavy atom. The predicted octanol–water partition coefficient (Wildman–Crippen LogP) is 4.04. The van der Waals surface area contributed by atoms with Crippen molar-refractivity contribution < 1.29 is 13.9 Å². The summed E-state index contributed by atoms with van der Waals surface area (Å²) in [5, 5.41) is 0. The number of carbonyl (C=O) groups is 1. The van der Waals surface area contributed by atoms with Gasteiger partial charge in [-0.15, -0.1) is 0 Å². The molecule has 3 heterocycles. The third kappa shape index (κ3) is 3.36. The molecule has 2 fully saturated rings. The Morgan fingerprint density at radius 1 is 1.15 bits per heavy atom. The van der Waals surface area contributed by atoms with Crippen molar-refractivity contribution in [3.05, 3.63) is 53.6 Å². The summed E-state index contributed by atoms with van der Waals surface area (Å²) in [5.41, 5.74) is 3.77. The van der Waals surface area contributed by atoms with Crippen LogP contribution in [0.1, 0.15) is 43.1 Å². The van der Waals surface area contributed by atoms with Crippen LogP contribution in [0.3, 0.4) is 0 Å². The lowest BCUT2D eigenvalue weighted by Gasteiger charge is -2.27. The molecule has 2 atom stereocenters. The summed E-state index contributed by atoms with van der Waals surface area (Å²) < 4.78 is 18.8. The highest BCUT2D eigenvalue weighted by Crippen LogP contribution is 2.34. The highest BCUT2D eigenvalue weighted by atomic mass is 19.1. The highest BCUT2D eigenvalue weighted by Gasteiger charge is 2.36.